The summed E-state index contributed by atoms with van der Waals surface area (Å²) in [5.41, 5.74) is 2.21. The summed E-state index contributed by atoms with van der Waals surface area (Å²) >= 11 is 0. The molecule has 0 aliphatic heterocycles. The lowest BCUT2D eigenvalue weighted by molar-refractivity contribution is 0.102. The molecule has 5 nitrogen and oxygen atoms in total. The van der Waals surface area contributed by atoms with Gasteiger partial charge in [0.2, 0.25) is 5.95 Å². The van der Waals surface area contributed by atoms with Gasteiger partial charge in [-0.05, 0) is 26.0 Å². The average molecular weight is 248 g/mol. The number of carbonyl (C=O) groups excluding carboxylic acids is 1. The van der Waals surface area contributed by atoms with Crippen LogP contribution in [0.5, 0.6) is 0 Å². The average Bonchev–Trinajstić information content (AvgIpc) is 2.56. The molecule has 0 radical (unpaired) electrons. The largest absolute Gasteiger partial charge is 0.317 e. The van der Waals surface area contributed by atoms with Crippen LogP contribution >= 0.6 is 0 Å². The van der Waals surface area contributed by atoms with Gasteiger partial charge in [0.05, 0.1) is 17.1 Å². The van der Waals surface area contributed by atoms with E-state index in [9.17, 15) is 9.18 Å². The fourth-order valence-corrected chi connectivity index (χ4v) is 1.67. The number of aromatic nitrogens is 3. The molecule has 1 amide bonds. The Kier molecular flexibility index (Phi) is 3.10. The molecule has 2 aromatic rings. The van der Waals surface area contributed by atoms with Gasteiger partial charge >= 0.3 is 0 Å². The summed E-state index contributed by atoms with van der Waals surface area (Å²) in [5, 5.41) is 6.87. The molecule has 2 aromatic heterocycles. The Labute approximate surface area is 104 Å². The van der Waals surface area contributed by atoms with Gasteiger partial charge in [-0.15, -0.1) is 0 Å². The van der Waals surface area contributed by atoms with E-state index >= 15 is 0 Å². The minimum Gasteiger partial charge on any atom is -0.317 e. The Hall–Kier alpha value is -2.24. The fourth-order valence-electron chi connectivity index (χ4n) is 1.67. The van der Waals surface area contributed by atoms with E-state index in [4.69, 9.17) is 0 Å². The Morgan fingerprint density at radius 3 is 2.67 bits per heavy atom. The predicted molar refractivity (Wildman–Crippen MR) is 64.8 cm³/mol. The van der Waals surface area contributed by atoms with E-state index in [2.05, 4.69) is 15.4 Å². The Bertz CT molecular complexity index is 606. The van der Waals surface area contributed by atoms with Crippen molar-refractivity contribution in [3.8, 4) is 0 Å². The molecule has 0 saturated heterocycles. The maximum absolute atomic E-state index is 12.9. The maximum atomic E-state index is 12.9. The number of hydrogen-bond donors (Lipinski definition) is 1. The number of amides is 1. The molecule has 0 saturated carbocycles. The van der Waals surface area contributed by atoms with Crippen molar-refractivity contribution in [1.29, 1.82) is 0 Å². The van der Waals surface area contributed by atoms with E-state index < -0.39 is 11.9 Å². The van der Waals surface area contributed by atoms with Crippen LogP contribution in [0.3, 0.4) is 0 Å². The Morgan fingerprint density at radius 1 is 1.39 bits per heavy atom. The first-order valence-electron chi connectivity index (χ1n) is 5.43. The summed E-state index contributed by atoms with van der Waals surface area (Å²) in [6, 6.07) is 4.09. The van der Waals surface area contributed by atoms with Gasteiger partial charge in [0, 0.05) is 7.05 Å². The molecule has 0 aliphatic carbocycles. The number of hydrogen-bond acceptors (Lipinski definition) is 3. The topological polar surface area (TPSA) is 59.8 Å². The molecule has 18 heavy (non-hydrogen) atoms. The second-order valence-electron chi connectivity index (χ2n) is 3.97. The van der Waals surface area contributed by atoms with Crippen LogP contribution in [0.1, 0.15) is 21.9 Å². The second kappa shape index (κ2) is 4.56. The van der Waals surface area contributed by atoms with E-state index in [0.717, 1.165) is 5.69 Å². The van der Waals surface area contributed by atoms with Gasteiger partial charge in [0.1, 0.15) is 5.69 Å². The number of halogens is 1. The molecule has 0 spiro atoms. The zero-order valence-electron chi connectivity index (χ0n) is 10.4. The minimum atomic E-state index is -0.678. The lowest BCUT2D eigenvalue weighted by Gasteiger charge is -2.05. The third-order valence-corrected chi connectivity index (χ3v) is 2.70. The van der Waals surface area contributed by atoms with E-state index in [0.29, 0.717) is 11.4 Å². The van der Waals surface area contributed by atoms with Crippen molar-refractivity contribution in [3.63, 3.8) is 0 Å². The molecule has 0 fully saturated rings. The number of rotatable bonds is 2. The fraction of sp³-hybridized carbons (Fsp3) is 0.250. The van der Waals surface area contributed by atoms with E-state index in [1.165, 1.54) is 18.2 Å². The molecule has 0 aliphatic rings. The summed E-state index contributed by atoms with van der Waals surface area (Å²) in [6.45, 7) is 3.64. The minimum absolute atomic E-state index is 0.0395. The van der Waals surface area contributed by atoms with Gasteiger partial charge < -0.3 is 5.32 Å². The number of carbonyl (C=O) groups is 1. The molecule has 1 N–H and O–H groups in total. The molecule has 0 bridgehead atoms. The highest BCUT2D eigenvalue weighted by molar-refractivity contribution is 6.03. The number of pyridine rings is 1. The van der Waals surface area contributed by atoms with Gasteiger partial charge in [0.15, 0.2) is 0 Å². The highest BCUT2D eigenvalue weighted by Crippen LogP contribution is 2.18. The maximum Gasteiger partial charge on any atom is 0.274 e. The van der Waals surface area contributed by atoms with Gasteiger partial charge in [-0.3, -0.25) is 9.48 Å². The van der Waals surface area contributed by atoms with Crippen molar-refractivity contribution < 1.29 is 9.18 Å². The number of anilines is 1. The van der Waals surface area contributed by atoms with Gasteiger partial charge in [-0.1, -0.05) is 6.07 Å². The highest BCUT2D eigenvalue weighted by Gasteiger charge is 2.14. The predicted octanol–water partition coefficient (Wildman–Crippen LogP) is 1.82. The van der Waals surface area contributed by atoms with Crippen LogP contribution < -0.4 is 5.32 Å². The molecule has 0 atom stereocenters. The van der Waals surface area contributed by atoms with Crippen LogP contribution in [0.15, 0.2) is 18.2 Å². The van der Waals surface area contributed by atoms with E-state index in [-0.39, 0.29) is 5.69 Å². The highest BCUT2D eigenvalue weighted by atomic mass is 19.1. The van der Waals surface area contributed by atoms with Crippen molar-refractivity contribution in [2.24, 2.45) is 7.05 Å². The summed E-state index contributed by atoms with van der Waals surface area (Å²) in [7, 11) is 1.79. The van der Waals surface area contributed by atoms with Crippen LogP contribution in [0.4, 0.5) is 10.1 Å². The van der Waals surface area contributed by atoms with Crippen LogP contribution in [-0.4, -0.2) is 20.7 Å². The lowest BCUT2D eigenvalue weighted by atomic mass is 10.3. The number of aryl methyl sites for hydroxylation is 2. The van der Waals surface area contributed by atoms with Gasteiger partial charge in [-0.25, -0.2) is 4.98 Å². The summed E-state index contributed by atoms with van der Waals surface area (Å²) in [6.07, 6.45) is 0. The Balaban J connectivity index is 2.27. The molecule has 2 rings (SSSR count). The molecular formula is C12H13FN4O. The first-order valence-corrected chi connectivity index (χ1v) is 5.43. The second-order valence-corrected chi connectivity index (χ2v) is 3.97. The number of nitrogens with one attached hydrogen (secondary N) is 1. The van der Waals surface area contributed by atoms with Crippen molar-refractivity contribution in [3.05, 3.63) is 41.2 Å². The zero-order valence-corrected chi connectivity index (χ0v) is 10.4. The standard InChI is InChI=1S/C12H13FN4O/c1-7-11(8(2)17(3)16-7)15-12(18)9-5-4-6-10(13)14-9/h4-6H,1-3H3,(H,15,18). The summed E-state index contributed by atoms with van der Waals surface area (Å²) < 4.78 is 14.6. The van der Waals surface area contributed by atoms with Gasteiger partial charge in [0.25, 0.3) is 5.91 Å². The van der Waals surface area contributed by atoms with Gasteiger partial charge in [-0.2, -0.15) is 9.49 Å². The van der Waals surface area contributed by atoms with E-state index in [1.807, 2.05) is 6.92 Å². The normalized spacial score (nSPS) is 10.4. The summed E-state index contributed by atoms with van der Waals surface area (Å²) in [4.78, 5) is 15.4. The van der Waals surface area contributed by atoms with Crippen molar-refractivity contribution >= 4 is 11.6 Å². The first-order chi connectivity index (χ1) is 8.49. The quantitative estimate of drug-likeness (QED) is 0.825. The van der Waals surface area contributed by atoms with Crippen molar-refractivity contribution in [2.75, 3.05) is 5.32 Å². The van der Waals surface area contributed by atoms with Crippen LogP contribution in [-0.2, 0) is 7.05 Å². The third-order valence-electron chi connectivity index (χ3n) is 2.70. The number of nitrogens with zero attached hydrogens (tertiary/aromatic N) is 3. The molecular weight excluding hydrogens is 235 g/mol. The SMILES string of the molecule is Cc1nn(C)c(C)c1NC(=O)c1cccc(F)n1. The summed E-state index contributed by atoms with van der Waals surface area (Å²) in [5.74, 6) is -1.13. The molecule has 2 heterocycles. The smallest absolute Gasteiger partial charge is 0.274 e. The Morgan fingerprint density at radius 2 is 2.11 bits per heavy atom. The van der Waals surface area contributed by atoms with Crippen LogP contribution in [0, 0.1) is 19.8 Å². The molecule has 94 valence electrons. The van der Waals surface area contributed by atoms with Crippen LogP contribution in [0.25, 0.3) is 0 Å². The molecule has 0 aromatic carbocycles. The van der Waals surface area contributed by atoms with Crippen molar-refractivity contribution in [2.45, 2.75) is 13.8 Å². The molecule has 0 unspecified atom stereocenters. The molecule has 6 heteroatoms. The first kappa shape index (κ1) is 12.2. The zero-order chi connectivity index (χ0) is 13.3. The monoisotopic (exact) mass is 248 g/mol. The van der Waals surface area contributed by atoms with E-state index in [1.54, 1.807) is 18.7 Å². The lowest BCUT2D eigenvalue weighted by Crippen LogP contribution is -2.15. The third kappa shape index (κ3) is 2.22. The van der Waals surface area contributed by atoms with Crippen molar-refractivity contribution in [1.82, 2.24) is 14.8 Å². The van der Waals surface area contributed by atoms with Crippen LogP contribution in [0.2, 0.25) is 0 Å².